The third-order valence-corrected chi connectivity index (χ3v) is 5.81. The number of amides is 1. The summed E-state index contributed by atoms with van der Waals surface area (Å²) in [6.45, 7) is 3.70. The van der Waals surface area contributed by atoms with E-state index < -0.39 is 5.54 Å². The largest absolute Gasteiger partial charge is 0.369 e. The fourth-order valence-electron chi connectivity index (χ4n) is 2.64. The first-order valence-corrected chi connectivity index (χ1v) is 9.18. The van der Waals surface area contributed by atoms with Crippen LogP contribution < -0.4 is 5.73 Å². The average Bonchev–Trinajstić information content (AvgIpc) is 3.05. The molecule has 1 atom stereocenters. The van der Waals surface area contributed by atoms with Crippen molar-refractivity contribution in [3.63, 3.8) is 0 Å². The van der Waals surface area contributed by atoms with Crippen LogP contribution in [0.3, 0.4) is 0 Å². The minimum absolute atomic E-state index is 0.0455. The number of nitrogens with two attached hydrogens (primary N) is 1. The Morgan fingerprint density at radius 1 is 1.48 bits per heavy atom. The third-order valence-electron chi connectivity index (χ3n) is 4.07. The number of hydrogen-bond donors (Lipinski definition) is 1. The van der Waals surface area contributed by atoms with E-state index in [2.05, 4.69) is 43.0 Å². The van der Waals surface area contributed by atoms with Crippen molar-refractivity contribution in [3.05, 3.63) is 32.7 Å². The molecule has 128 valence electrons. The molecule has 1 amide bonds. The van der Waals surface area contributed by atoms with E-state index in [1.807, 2.05) is 18.4 Å². The molecule has 0 bridgehead atoms. The molecule has 0 saturated heterocycles. The first-order chi connectivity index (χ1) is 11.9. The van der Waals surface area contributed by atoms with E-state index in [-0.39, 0.29) is 18.3 Å². The lowest BCUT2D eigenvalue weighted by Crippen LogP contribution is -2.47. The van der Waals surface area contributed by atoms with Crippen molar-refractivity contribution in [3.8, 4) is 23.0 Å². The van der Waals surface area contributed by atoms with Crippen LogP contribution in [-0.2, 0) is 10.3 Å². The van der Waals surface area contributed by atoms with Gasteiger partial charge in [0.15, 0.2) is 5.96 Å². The average molecular weight is 418 g/mol. The second kappa shape index (κ2) is 6.58. The maximum absolute atomic E-state index is 12.2. The molecule has 8 heteroatoms. The highest BCUT2D eigenvalue weighted by molar-refractivity contribution is 9.10. The zero-order chi connectivity index (χ0) is 18.2. The van der Waals surface area contributed by atoms with Crippen LogP contribution in [0.2, 0.25) is 0 Å². The van der Waals surface area contributed by atoms with Gasteiger partial charge in [0.05, 0.1) is 18.2 Å². The molecule has 0 unspecified atom stereocenters. The summed E-state index contributed by atoms with van der Waals surface area (Å²) in [6, 6.07) is 2.02. The van der Waals surface area contributed by atoms with Crippen LogP contribution in [0.5, 0.6) is 0 Å². The van der Waals surface area contributed by atoms with Crippen molar-refractivity contribution >= 4 is 39.1 Å². The van der Waals surface area contributed by atoms with Gasteiger partial charge in [-0.3, -0.25) is 9.69 Å². The van der Waals surface area contributed by atoms with Crippen LogP contribution in [-0.4, -0.2) is 34.0 Å². The lowest BCUT2D eigenvalue weighted by atomic mass is 9.93. The number of halogens is 1. The molecule has 3 heterocycles. The first kappa shape index (κ1) is 17.6. The maximum Gasteiger partial charge on any atom is 0.231 e. The van der Waals surface area contributed by atoms with E-state index in [9.17, 15) is 4.79 Å². The fourth-order valence-corrected chi connectivity index (χ4v) is 4.06. The van der Waals surface area contributed by atoms with E-state index in [4.69, 9.17) is 5.73 Å². The van der Waals surface area contributed by atoms with Crippen LogP contribution in [0, 0.1) is 11.8 Å². The predicted molar refractivity (Wildman–Crippen MR) is 102 cm³/mol. The minimum Gasteiger partial charge on any atom is -0.369 e. The number of carbonyl (C=O) groups excluding carboxylic acids is 1. The minimum atomic E-state index is -0.662. The third kappa shape index (κ3) is 3.17. The number of carbonyl (C=O) groups is 1. The Balaban J connectivity index is 2.06. The topological polar surface area (TPSA) is 84.5 Å². The van der Waals surface area contributed by atoms with Gasteiger partial charge in [-0.05, 0) is 46.8 Å². The molecule has 1 aliphatic heterocycles. The summed E-state index contributed by atoms with van der Waals surface area (Å²) in [5, 5.41) is 10.0. The summed E-state index contributed by atoms with van der Waals surface area (Å²) in [5.41, 5.74) is 7.88. The Morgan fingerprint density at radius 2 is 2.24 bits per heavy atom. The molecule has 0 radical (unpaired) electrons. The second-order valence-corrected chi connectivity index (χ2v) is 7.53. The van der Waals surface area contributed by atoms with Crippen LogP contribution in [0.4, 0.5) is 0 Å². The second-order valence-electron chi connectivity index (χ2n) is 5.87. The zero-order valence-corrected chi connectivity index (χ0v) is 16.4. The van der Waals surface area contributed by atoms with Crippen molar-refractivity contribution in [2.24, 2.45) is 10.7 Å². The summed E-state index contributed by atoms with van der Waals surface area (Å²) in [7, 11) is 1.64. The quantitative estimate of drug-likeness (QED) is 0.761. The Labute approximate surface area is 158 Å². The highest BCUT2D eigenvalue weighted by atomic mass is 79.9. The van der Waals surface area contributed by atoms with Gasteiger partial charge in [0.2, 0.25) is 5.91 Å². The first-order valence-electron chi connectivity index (χ1n) is 7.51. The molecule has 2 aromatic heterocycles. The SMILES string of the molecule is CC#Cc1c(-c2csc([C@]3(C)CC(=O)N(C)C(N)=N3)c2)cnnc1Br. The smallest absolute Gasteiger partial charge is 0.231 e. The number of aromatic nitrogens is 2. The summed E-state index contributed by atoms with van der Waals surface area (Å²) in [4.78, 5) is 19.1. The molecule has 2 N–H and O–H groups in total. The van der Waals surface area contributed by atoms with Crippen molar-refractivity contribution in [2.75, 3.05) is 7.05 Å². The lowest BCUT2D eigenvalue weighted by Gasteiger charge is -2.32. The van der Waals surface area contributed by atoms with Gasteiger partial charge in [-0.25, -0.2) is 4.99 Å². The monoisotopic (exact) mass is 417 g/mol. The maximum atomic E-state index is 12.2. The predicted octanol–water partition coefficient (Wildman–Crippen LogP) is 2.73. The Hall–Kier alpha value is -2.24. The van der Waals surface area contributed by atoms with Crippen molar-refractivity contribution < 1.29 is 4.79 Å². The summed E-state index contributed by atoms with van der Waals surface area (Å²) < 4.78 is 0.607. The molecule has 0 spiro atoms. The standard InChI is InChI=1S/C17H16BrN5OS/c1-4-5-11-12(8-20-22-15(11)18)10-6-13(25-9-10)17(2)7-14(24)23(3)16(19)21-17/h6,8-9H,7H2,1-3H3,(H2,19,21)/t17-/m0/s1. The number of nitrogens with zero attached hydrogens (tertiary/aromatic N) is 4. The molecular formula is C17H16BrN5OS. The van der Waals surface area contributed by atoms with Crippen molar-refractivity contribution in [2.45, 2.75) is 25.8 Å². The van der Waals surface area contributed by atoms with E-state index in [0.717, 1.165) is 21.6 Å². The lowest BCUT2D eigenvalue weighted by molar-refractivity contribution is -0.128. The highest BCUT2D eigenvalue weighted by Gasteiger charge is 2.37. The normalized spacial score (nSPS) is 20.1. The molecule has 0 fully saturated rings. The van der Waals surface area contributed by atoms with E-state index in [0.29, 0.717) is 4.60 Å². The highest BCUT2D eigenvalue weighted by Crippen LogP contribution is 2.39. The number of rotatable bonds is 2. The fraction of sp³-hybridized carbons (Fsp3) is 0.294. The van der Waals surface area contributed by atoms with Gasteiger partial charge >= 0.3 is 0 Å². The molecule has 2 aromatic rings. The van der Waals surface area contributed by atoms with Crippen LogP contribution >= 0.6 is 27.3 Å². The molecular weight excluding hydrogens is 402 g/mol. The molecule has 6 nitrogen and oxygen atoms in total. The van der Waals surface area contributed by atoms with Crippen LogP contribution in [0.25, 0.3) is 11.1 Å². The van der Waals surface area contributed by atoms with E-state index in [1.165, 1.54) is 4.90 Å². The summed E-state index contributed by atoms with van der Waals surface area (Å²) in [6.07, 6.45) is 1.97. The zero-order valence-electron chi connectivity index (χ0n) is 14.0. The van der Waals surface area contributed by atoms with Gasteiger partial charge in [-0.1, -0.05) is 5.92 Å². The molecule has 25 heavy (non-hydrogen) atoms. The molecule has 3 rings (SSSR count). The number of guanidine groups is 1. The van der Waals surface area contributed by atoms with E-state index in [1.54, 1.807) is 31.5 Å². The number of aliphatic imine (C=N–C) groups is 1. The number of thiophene rings is 1. The van der Waals surface area contributed by atoms with E-state index >= 15 is 0 Å². The molecule has 1 aliphatic rings. The van der Waals surface area contributed by atoms with Crippen molar-refractivity contribution in [1.29, 1.82) is 0 Å². The van der Waals surface area contributed by atoms with Crippen molar-refractivity contribution in [1.82, 2.24) is 15.1 Å². The van der Waals surface area contributed by atoms with Gasteiger partial charge in [-0.15, -0.1) is 22.4 Å². The molecule has 0 aromatic carbocycles. The number of hydrogen-bond acceptors (Lipinski definition) is 6. The van der Waals surface area contributed by atoms with Crippen LogP contribution in [0.1, 0.15) is 30.7 Å². The summed E-state index contributed by atoms with van der Waals surface area (Å²) >= 11 is 4.94. The summed E-state index contributed by atoms with van der Waals surface area (Å²) in [5.74, 6) is 6.14. The molecule has 0 aliphatic carbocycles. The van der Waals surface area contributed by atoms with Gasteiger partial charge in [0.25, 0.3) is 0 Å². The van der Waals surface area contributed by atoms with Gasteiger partial charge in [0.1, 0.15) is 10.1 Å². The van der Waals surface area contributed by atoms with Crippen LogP contribution in [0.15, 0.2) is 27.2 Å². The van der Waals surface area contributed by atoms with Gasteiger partial charge < -0.3 is 5.73 Å². The van der Waals surface area contributed by atoms with Gasteiger partial charge in [0, 0.05) is 17.5 Å². The van der Waals surface area contributed by atoms with Gasteiger partial charge in [-0.2, -0.15) is 5.10 Å². The Bertz CT molecular complexity index is 942. The Kier molecular flexibility index (Phi) is 4.62. The Morgan fingerprint density at radius 3 is 2.92 bits per heavy atom. The molecule has 0 saturated carbocycles.